The summed E-state index contributed by atoms with van der Waals surface area (Å²) in [5.74, 6) is 0.542. The van der Waals surface area contributed by atoms with Gasteiger partial charge >= 0.3 is 0 Å². The minimum absolute atomic E-state index is 0.164. The molecule has 0 atom stereocenters. The van der Waals surface area contributed by atoms with E-state index in [-0.39, 0.29) is 23.5 Å². The molecule has 2 heterocycles. The molecule has 8 heteroatoms. The van der Waals surface area contributed by atoms with Gasteiger partial charge < -0.3 is 5.32 Å². The summed E-state index contributed by atoms with van der Waals surface area (Å²) in [4.78, 5) is 13.5. The Morgan fingerprint density at radius 2 is 2.00 bits per heavy atom. The summed E-state index contributed by atoms with van der Waals surface area (Å²) in [7, 11) is 0. The van der Waals surface area contributed by atoms with Crippen molar-refractivity contribution in [3.05, 3.63) is 45.9 Å². The van der Waals surface area contributed by atoms with E-state index in [4.69, 9.17) is 0 Å². The normalized spacial score (nSPS) is 11.2. The number of rotatable bonds is 7. The number of benzene rings is 1. The predicted molar refractivity (Wildman–Crippen MR) is 114 cm³/mol. The Balaban J connectivity index is 1.76. The van der Waals surface area contributed by atoms with Crippen LogP contribution >= 0.6 is 23.1 Å². The highest BCUT2D eigenvalue weighted by Gasteiger charge is 2.21. The molecule has 0 aliphatic carbocycles. The van der Waals surface area contributed by atoms with Crippen molar-refractivity contribution in [2.24, 2.45) is 0 Å². The van der Waals surface area contributed by atoms with Gasteiger partial charge in [-0.3, -0.25) is 9.36 Å². The Hall–Kier alpha value is -2.19. The Morgan fingerprint density at radius 3 is 2.64 bits per heavy atom. The van der Waals surface area contributed by atoms with Gasteiger partial charge in [0.1, 0.15) is 5.82 Å². The smallest absolute Gasteiger partial charge is 0.234 e. The summed E-state index contributed by atoms with van der Waals surface area (Å²) >= 11 is 3.07. The molecule has 0 aliphatic rings. The lowest BCUT2D eigenvalue weighted by Crippen LogP contribution is -2.15. The van der Waals surface area contributed by atoms with Gasteiger partial charge in [-0.2, -0.15) is 0 Å². The first-order valence-corrected chi connectivity index (χ1v) is 11.0. The number of hydrogen-bond acceptors (Lipinski definition) is 5. The van der Waals surface area contributed by atoms with E-state index in [9.17, 15) is 9.18 Å². The lowest BCUT2D eigenvalue weighted by Gasteiger charge is -2.14. The van der Waals surface area contributed by atoms with Crippen molar-refractivity contribution in [2.45, 2.75) is 45.3 Å². The van der Waals surface area contributed by atoms with Crippen molar-refractivity contribution in [1.29, 1.82) is 0 Å². The molecule has 0 spiro atoms. The van der Waals surface area contributed by atoms with Gasteiger partial charge in [-0.05, 0) is 57.0 Å². The zero-order valence-electron chi connectivity index (χ0n) is 16.3. The lowest BCUT2D eigenvalue weighted by molar-refractivity contribution is -0.113. The Kier molecular flexibility index (Phi) is 6.51. The number of thioether (sulfide) groups is 1. The van der Waals surface area contributed by atoms with E-state index in [0.717, 1.165) is 17.8 Å². The predicted octanol–water partition coefficient (Wildman–Crippen LogP) is 5.33. The summed E-state index contributed by atoms with van der Waals surface area (Å²) in [6.45, 7) is 8.43. The second-order valence-electron chi connectivity index (χ2n) is 6.65. The molecular weight excluding hydrogens is 395 g/mol. The van der Waals surface area contributed by atoms with Gasteiger partial charge in [0.15, 0.2) is 11.0 Å². The molecule has 1 amide bonds. The first kappa shape index (κ1) is 20.5. The van der Waals surface area contributed by atoms with Crippen molar-refractivity contribution in [1.82, 2.24) is 14.8 Å². The molecule has 0 unspecified atom stereocenters. The number of aryl methyl sites for hydroxylation is 1. The summed E-state index contributed by atoms with van der Waals surface area (Å²) in [5.41, 5.74) is 2.98. The zero-order chi connectivity index (χ0) is 20.3. The van der Waals surface area contributed by atoms with Gasteiger partial charge in [0.2, 0.25) is 5.91 Å². The average Bonchev–Trinajstić information content (AvgIpc) is 3.24. The van der Waals surface area contributed by atoms with E-state index < -0.39 is 0 Å². The quantitative estimate of drug-likeness (QED) is 0.527. The van der Waals surface area contributed by atoms with Crippen LogP contribution < -0.4 is 5.32 Å². The van der Waals surface area contributed by atoms with Crippen LogP contribution in [0.5, 0.6) is 0 Å². The van der Waals surface area contributed by atoms with Crippen LogP contribution in [0.2, 0.25) is 0 Å². The van der Waals surface area contributed by atoms with E-state index >= 15 is 0 Å². The number of carbonyl (C=O) groups is 1. The van der Waals surface area contributed by atoms with Gasteiger partial charge in [-0.15, -0.1) is 21.5 Å². The Bertz CT molecular complexity index is 963. The maximum atomic E-state index is 13.0. The van der Waals surface area contributed by atoms with E-state index in [2.05, 4.69) is 53.2 Å². The SMILES string of the molecule is CCc1c(-c2nnc(SCC(=O)Nc3ccc(F)cc3)n2C(C)C)csc1C. The van der Waals surface area contributed by atoms with Crippen LogP contribution in [0.1, 0.15) is 37.3 Å². The van der Waals surface area contributed by atoms with Gasteiger partial charge in [0.25, 0.3) is 0 Å². The number of thiophene rings is 1. The Labute approximate surface area is 172 Å². The van der Waals surface area contributed by atoms with Crippen LogP contribution in [0.4, 0.5) is 10.1 Å². The zero-order valence-corrected chi connectivity index (χ0v) is 18.0. The van der Waals surface area contributed by atoms with Crippen LogP contribution in [0, 0.1) is 12.7 Å². The highest BCUT2D eigenvalue weighted by atomic mass is 32.2. The molecule has 148 valence electrons. The molecule has 3 rings (SSSR count). The third kappa shape index (κ3) is 4.44. The largest absolute Gasteiger partial charge is 0.325 e. The summed E-state index contributed by atoms with van der Waals surface area (Å²) in [6.07, 6.45) is 0.943. The molecule has 0 saturated heterocycles. The van der Waals surface area contributed by atoms with Crippen LogP contribution in [-0.2, 0) is 11.2 Å². The maximum Gasteiger partial charge on any atom is 0.234 e. The molecule has 0 aliphatic heterocycles. The molecule has 0 radical (unpaired) electrons. The van der Waals surface area contributed by atoms with Crippen molar-refractivity contribution in [2.75, 3.05) is 11.1 Å². The van der Waals surface area contributed by atoms with Crippen molar-refractivity contribution < 1.29 is 9.18 Å². The molecule has 1 aromatic carbocycles. The van der Waals surface area contributed by atoms with Gasteiger partial charge in [0.05, 0.1) is 5.75 Å². The summed E-state index contributed by atoms with van der Waals surface area (Å²) < 4.78 is 15.1. The number of nitrogens with one attached hydrogen (secondary N) is 1. The summed E-state index contributed by atoms with van der Waals surface area (Å²) in [6, 6.07) is 5.88. The van der Waals surface area contributed by atoms with E-state index in [1.54, 1.807) is 11.3 Å². The third-order valence-corrected chi connectivity index (χ3v) is 6.24. The number of hydrogen-bond donors (Lipinski definition) is 1. The molecular formula is C20H23FN4OS2. The third-order valence-electron chi connectivity index (χ3n) is 4.34. The molecule has 5 nitrogen and oxygen atoms in total. The van der Waals surface area contributed by atoms with Crippen molar-refractivity contribution >= 4 is 34.7 Å². The number of carbonyl (C=O) groups excluding carboxylic acids is 1. The van der Waals surface area contributed by atoms with Crippen LogP contribution in [-0.4, -0.2) is 26.4 Å². The highest BCUT2D eigenvalue weighted by Crippen LogP contribution is 2.34. The first-order chi connectivity index (χ1) is 13.4. The van der Waals surface area contributed by atoms with Crippen molar-refractivity contribution in [3.8, 4) is 11.4 Å². The molecule has 0 fully saturated rings. The molecule has 2 aromatic heterocycles. The number of aromatic nitrogens is 3. The topological polar surface area (TPSA) is 59.8 Å². The highest BCUT2D eigenvalue weighted by molar-refractivity contribution is 7.99. The fraction of sp³-hybridized carbons (Fsp3) is 0.350. The Morgan fingerprint density at radius 1 is 1.29 bits per heavy atom. The van der Waals surface area contributed by atoms with Crippen molar-refractivity contribution in [3.63, 3.8) is 0 Å². The average molecular weight is 419 g/mol. The minimum Gasteiger partial charge on any atom is -0.325 e. The van der Waals surface area contributed by atoms with Gasteiger partial charge in [0, 0.05) is 27.5 Å². The number of amides is 1. The fourth-order valence-corrected chi connectivity index (χ4v) is 4.80. The number of nitrogens with zero attached hydrogens (tertiary/aromatic N) is 3. The molecule has 3 aromatic rings. The number of halogens is 1. The van der Waals surface area contributed by atoms with E-state index in [0.29, 0.717) is 10.8 Å². The number of anilines is 1. The first-order valence-electron chi connectivity index (χ1n) is 9.11. The molecule has 0 saturated carbocycles. The van der Waals surface area contributed by atoms with E-state index in [1.165, 1.54) is 46.5 Å². The second kappa shape index (κ2) is 8.87. The second-order valence-corrected chi connectivity index (χ2v) is 8.68. The van der Waals surface area contributed by atoms with Gasteiger partial charge in [-0.25, -0.2) is 4.39 Å². The van der Waals surface area contributed by atoms with E-state index in [1.807, 2.05) is 0 Å². The summed E-state index contributed by atoms with van der Waals surface area (Å²) in [5, 5.41) is 14.4. The van der Waals surface area contributed by atoms with Crippen LogP contribution in [0.3, 0.4) is 0 Å². The fourth-order valence-electron chi connectivity index (χ4n) is 2.99. The molecule has 0 bridgehead atoms. The molecule has 1 N–H and O–H groups in total. The minimum atomic E-state index is -0.333. The lowest BCUT2D eigenvalue weighted by atomic mass is 10.1. The van der Waals surface area contributed by atoms with Crippen LogP contribution in [0.25, 0.3) is 11.4 Å². The maximum absolute atomic E-state index is 13.0. The molecule has 28 heavy (non-hydrogen) atoms. The standard InChI is InChI=1S/C20H23FN4OS2/c1-5-16-13(4)27-10-17(16)19-23-24-20(25(19)12(2)3)28-11-18(26)22-15-8-6-14(21)7-9-15/h6-10,12H,5,11H2,1-4H3,(H,22,26). The monoisotopic (exact) mass is 418 g/mol. The van der Waals surface area contributed by atoms with Crippen LogP contribution in [0.15, 0.2) is 34.8 Å². The van der Waals surface area contributed by atoms with Gasteiger partial charge in [-0.1, -0.05) is 18.7 Å².